The summed E-state index contributed by atoms with van der Waals surface area (Å²) < 4.78 is 41.6. The van der Waals surface area contributed by atoms with Gasteiger partial charge in [-0.25, -0.2) is 18.4 Å². The molecule has 4 fully saturated rings. The Hall–Kier alpha value is -4.28. The molecule has 0 spiro atoms. The Labute approximate surface area is 364 Å². The third-order valence-electron chi connectivity index (χ3n) is 12.3. The number of nitrogens with zero attached hydrogens (tertiary/aromatic N) is 3. The van der Waals surface area contributed by atoms with Gasteiger partial charge in [0.2, 0.25) is 27.7 Å². The number of halogens is 1. The molecule has 2 aromatic carbocycles. The van der Waals surface area contributed by atoms with Crippen LogP contribution >= 0.6 is 27.3 Å². The molecule has 0 bridgehead atoms. The molecule has 4 aliphatic rings. The molecule has 3 aliphatic carbocycles. The van der Waals surface area contributed by atoms with Crippen LogP contribution in [0.3, 0.4) is 0 Å². The minimum absolute atomic E-state index is 0.0596. The van der Waals surface area contributed by atoms with Crippen LogP contribution in [0.4, 0.5) is 5.69 Å². The molecule has 8 rings (SSSR count). The van der Waals surface area contributed by atoms with E-state index in [1.807, 2.05) is 75.5 Å². The predicted molar refractivity (Wildman–Crippen MR) is 236 cm³/mol. The number of carbonyl (C=O) groups excluding carboxylic acids is 3. The van der Waals surface area contributed by atoms with Gasteiger partial charge in [-0.1, -0.05) is 50.5 Å². The van der Waals surface area contributed by atoms with Crippen LogP contribution in [-0.2, 0) is 24.4 Å². The average Bonchev–Trinajstić information content (AvgIpc) is 4.14. The quantitative estimate of drug-likeness (QED) is 0.117. The van der Waals surface area contributed by atoms with Crippen LogP contribution in [-0.4, -0.2) is 83.6 Å². The number of hydrogen-bond acceptors (Lipinski definition) is 11. The zero-order valence-electron chi connectivity index (χ0n) is 35.0. The van der Waals surface area contributed by atoms with Crippen molar-refractivity contribution >= 4 is 71.5 Å². The van der Waals surface area contributed by atoms with Gasteiger partial charge in [0.25, 0.3) is 5.91 Å². The molecule has 3 heterocycles. The van der Waals surface area contributed by atoms with E-state index in [-0.39, 0.29) is 36.6 Å². The minimum Gasteiger partial charge on any atom is -0.496 e. The van der Waals surface area contributed by atoms with E-state index in [0.717, 1.165) is 50.0 Å². The van der Waals surface area contributed by atoms with Gasteiger partial charge in [0, 0.05) is 27.3 Å². The first-order chi connectivity index (χ1) is 28.4. The molecule has 3 amide bonds. The van der Waals surface area contributed by atoms with Crippen LogP contribution < -0.4 is 24.8 Å². The zero-order valence-corrected chi connectivity index (χ0v) is 38.2. The number of likely N-dealkylation sites (tertiary alicyclic amines) is 1. The maximum Gasteiger partial charge on any atom is 0.259 e. The van der Waals surface area contributed by atoms with E-state index in [2.05, 4.69) is 45.1 Å². The fraction of sp³-hybridized carbons (Fsp3) is 0.523. The van der Waals surface area contributed by atoms with E-state index < -0.39 is 56.2 Å². The first-order valence-corrected chi connectivity index (χ1v) is 23.9. The van der Waals surface area contributed by atoms with Gasteiger partial charge in [0.05, 0.1) is 24.6 Å². The van der Waals surface area contributed by atoms with Crippen LogP contribution in [0.2, 0.25) is 0 Å². The fourth-order valence-electron chi connectivity index (χ4n) is 8.37. The molecule has 1 saturated heterocycles. The third kappa shape index (κ3) is 8.48. The summed E-state index contributed by atoms with van der Waals surface area (Å²) in [6, 6.07) is 11.5. The first-order valence-electron chi connectivity index (χ1n) is 20.7. The second kappa shape index (κ2) is 15.9. The molecule has 5 atom stereocenters. The molecule has 320 valence electrons. The van der Waals surface area contributed by atoms with Crippen LogP contribution in [0.15, 0.2) is 52.3 Å². The summed E-state index contributed by atoms with van der Waals surface area (Å²) in [5.74, 6) is -0.214. The number of sulfonamides is 1. The lowest BCUT2D eigenvalue weighted by Crippen LogP contribution is -2.58. The highest BCUT2D eigenvalue weighted by Crippen LogP contribution is 2.57. The number of thiazole rings is 1. The molecule has 3 N–H and O–H groups in total. The lowest BCUT2D eigenvalue weighted by molar-refractivity contribution is -0.141. The molecule has 13 nitrogen and oxygen atoms in total. The highest BCUT2D eigenvalue weighted by Gasteiger charge is 2.67. The molecule has 60 heavy (non-hydrogen) atoms. The summed E-state index contributed by atoms with van der Waals surface area (Å²) in [5.41, 5.74) is 1.25. The largest absolute Gasteiger partial charge is 0.496 e. The maximum absolute atomic E-state index is 15.0. The van der Waals surface area contributed by atoms with Crippen LogP contribution in [0.5, 0.6) is 11.6 Å². The van der Waals surface area contributed by atoms with Gasteiger partial charge >= 0.3 is 0 Å². The van der Waals surface area contributed by atoms with E-state index in [1.54, 1.807) is 12.0 Å². The topological polar surface area (TPSA) is 169 Å². The number of hydrogen-bond donors (Lipinski definition) is 3. The lowest BCUT2D eigenvalue weighted by Gasteiger charge is -2.36. The second-order valence-corrected chi connectivity index (χ2v) is 22.0. The summed E-state index contributed by atoms with van der Waals surface area (Å²) in [6.45, 7) is 12.1. The fourth-order valence-corrected chi connectivity index (χ4v) is 10.9. The molecule has 4 aromatic rings. The molecule has 2 aromatic heterocycles. The molecule has 3 saturated carbocycles. The zero-order chi connectivity index (χ0) is 42.9. The van der Waals surface area contributed by atoms with Crippen molar-refractivity contribution in [2.75, 3.05) is 19.0 Å². The normalized spacial score (nSPS) is 23.4. The van der Waals surface area contributed by atoms with E-state index in [4.69, 9.17) is 19.4 Å². The number of fused-ring (bicyclic) bond motifs is 1. The Morgan fingerprint density at radius 3 is 2.35 bits per heavy atom. The number of benzene rings is 2. The Kier molecular flexibility index (Phi) is 11.2. The van der Waals surface area contributed by atoms with Crippen molar-refractivity contribution in [2.24, 2.45) is 17.3 Å². The average molecular weight is 922 g/mol. The van der Waals surface area contributed by atoms with Gasteiger partial charge in [-0.05, 0) is 116 Å². The summed E-state index contributed by atoms with van der Waals surface area (Å²) in [7, 11) is -2.23. The SMILES string of the molecule is COc1ccc2c(O[C@@H]3C[C@@H](C(=O)N[C@]4(C(=O)NS(=O)(=O)C5CC5)C[C@H]4C4CC4)N(C(=O)[C@@H](Nc4ccc(Br)cc4)C(C)(C)C)C3)nc(-c3nc(C(C)C)cs3)cc2c1C. The summed E-state index contributed by atoms with van der Waals surface area (Å²) in [6.07, 6.45) is 2.60. The van der Waals surface area contributed by atoms with Crippen LogP contribution in [0.25, 0.3) is 21.5 Å². The van der Waals surface area contributed by atoms with E-state index in [0.29, 0.717) is 36.6 Å². The van der Waals surface area contributed by atoms with Crippen LogP contribution in [0.1, 0.15) is 90.3 Å². The number of methoxy groups -OCH3 is 1. The first kappa shape index (κ1) is 42.4. The number of rotatable bonds is 14. The molecule has 1 aliphatic heterocycles. The van der Waals surface area contributed by atoms with Crippen molar-refractivity contribution < 1.29 is 32.3 Å². The monoisotopic (exact) mass is 920 g/mol. The van der Waals surface area contributed by atoms with Crippen molar-refractivity contribution in [1.29, 1.82) is 0 Å². The number of ether oxygens (including phenoxy) is 2. The van der Waals surface area contributed by atoms with Crippen molar-refractivity contribution in [3.63, 3.8) is 0 Å². The summed E-state index contributed by atoms with van der Waals surface area (Å²) in [5, 5.41) is 10.2. The number of amides is 3. The minimum atomic E-state index is -3.86. The van der Waals surface area contributed by atoms with Crippen molar-refractivity contribution in [2.45, 2.75) is 115 Å². The third-order valence-corrected chi connectivity index (χ3v) is 15.5. The highest BCUT2D eigenvalue weighted by molar-refractivity contribution is 9.10. The number of carbonyl (C=O) groups is 3. The molecule has 16 heteroatoms. The Balaban J connectivity index is 1.14. The van der Waals surface area contributed by atoms with Crippen molar-refractivity contribution in [1.82, 2.24) is 24.9 Å². The summed E-state index contributed by atoms with van der Waals surface area (Å²) >= 11 is 4.99. The van der Waals surface area contributed by atoms with Gasteiger partial charge < -0.3 is 25.0 Å². The Bertz CT molecular complexity index is 2440. The van der Waals surface area contributed by atoms with Gasteiger partial charge in [0.1, 0.15) is 40.2 Å². The maximum atomic E-state index is 15.0. The van der Waals surface area contributed by atoms with E-state index >= 15 is 0 Å². The standard InChI is InChI=1S/C44H53BrN6O7S2/c1-23(2)34-22-59-40(48-34)33-19-31-24(3)36(57-7)17-16-30(31)39(47-33)58-28-18-35(51(21-28)41(53)37(43(4,5)6)46-27-12-10-26(45)11-13-27)38(52)49-44(20-32(44)25-8-9-25)42(54)50-60(55,56)29-14-15-29/h10-13,16-17,19,22-23,25,28-29,32,35,37,46H,8-9,14-15,18,20-21H2,1-7H3,(H,49,52)(H,50,54)/t28-,32+,35+,37-,44-/m1/s1. The number of aryl methyl sites for hydroxylation is 1. The van der Waals surface area contributed by atoms with E-state index in [1.165, 1.54) is 11.3 Å². The molecular weight excluding hydrogens is 869 g/mol. The number of anilines is 1. The number of pyridine rings is 1. The number of aromatic nitrogens is 2. The Morgan fingerprint density at radius 1 is 1.02 bits per heavy atom. The van der Waals surface area contributed by atoms with Gasteiger partial charge in [-0.3, -0.25) is 19.1 Å². The molecule has 0 radical (unpaired) electrons. The van der Waals surface area contributed by atoms with Gasteiger partial charge in [0.15, 0.2) is 0 Å². The summed E-state index contributed by atoms with van der Waals surface area (Å²) in [4.78, 5) is 55.1. The lowest BCUT2D eigenvalue weighted by atomic mass is 9.85. The van der Waals surface area contributed by atoms with Crippen LogP contribution in [0, 0.1) is 24.2 Å². The van der Waals surface area contributed by atoms with Gasteiger partial charge in [-0.2, -0.15) is 0 Å². The van der Waals surface area contributed by atoms with Gasteiger partial charge in [-0.15, -0.1) is 11.3 Å². The number of nitrogens with one attached hydrogen (secondary N) is 3. The van der Waals surface area contributed by atoms with Crippen molar-refractivity contribution in [3.05, 3.63) is 63.6 Å². The predicted octanol–water partition coefficient (Wildman–Crippen LogP) is 7.33. The molecule has 0 unspecified atom stereocenters. The smallest absolute Gasteiger partial charge is 0.259 e. The van der Waals surface area contributed by atoms with Crippen molar-refractivity contribution in [3.8, 4) is 22.3 Å². The second-order valence-electron chi connectivity index (χ2n) is 18.2. The highest BCUT2D eigenvalue weighted by atomic mass is 79.9. The van der Waals surface area contributed by atoms with E-state index in [9.17, 15) is 22.8 Å². The Morgan fingerprint density at radius 2 is 1.73 bits per heavy atom. The molecular formula is C44H53BrN6O7S2.